The number of benzene rings is 3. The summed E-state index contributed by atoms with van der Waals surface area (Å²) >= 11 is 0. The minimum absolute atomic E-state index is 0.111. The van der Waals surface area contributed by atoms with Crippen molar-refractivity contribution in [2.75, 3.05) is 12.1 Å². The van der Waals surface area contributed by atoms with E-state index >= 15 is 0 Å². The molecule has 0 aliphatic carbocycles. The monoisotopic (exact) mass is 389 g/mol. The van der Waals surface area contributed by atoms with Gasteiger partial charge in [-0.25, -0.2) is 4.79 Å². The van der Waals surface area contributed by atoms with Crippen LogP contribution in [0.25, 0.3) is 0 Å². The van der Waals surface area contributed by atoms with Gasteiger partial charge in [0.2, 0.25) is 12.9 Å². The van der Waals surface area contributed by atoms with Gasteiger partial charge in [-0.1, -0.05) is 48.0 Å². The summed E-state index contributed by atoms with van der Waals surface area (Å²) in [7, 11) is 0. The summed E-state index contributed by atoms with van der Waals surface area (Å²) in [4.78, 5) is 25.7. The van der Waals surface area contributed by atoms with Crippen molar-refractivity contribution in [3.8, 4) is 11.5 Å². The molecule has 0 spiro atoms. The van der Waals surface area contributed by atoms with Crippen LogP contribution in [0, 0.1) is 6.92 Å². The molecule has 4 rings (SSSR count). The number of aryl methyl sites for hydroxylation is 1. The van der Waals surface area contributed by atoms with E-state index in [2.05, 4.69) is 5.32 Å². The van der Waals surface area contributed by atoms with E-state index in [9.17, 15) is 9.59 Å². The van der Waals surface area contributed by atoms with Crippen LogP contribution in [0.15, 0.2) is 72.8 Å². The minimum atomic E-state index is -1.10. The molecule has 1 atom stereocenters. The maximum absolute atomic E-state index is 12.9. The van der Waals surface area contributed by atoms with Crippen molar-refractivity contribution in [1.82, 2.24) is 0 Å². The van der Waals surface area contributed by atoms with Gasteiger partial charge in [0, 0.05) is 11.3 Å². The number of hydrogen-bond acceptors (Lipinski definition) is 5. The van der Waals surface area contributed by atoms with E-state index in [0.29, 0.717) is 22.7 Å². The standard InChI is InChI=1S/C23H19NO5/c1-15-7-10-18(11-8-15)24-22(25)21(16-5-3-2-4-6-16)29-23(26)17-9-12-19-20(13-17)28-14-27-19/h2-13,21H,14H2,1H3,(H,24,25). The zero-order chi connectivity index (χ0) is 20.2. The highest BCUT2D eigenvalue weighted by atomic mass is 16.7. The molecule has 1 unspecified atom stereocenters. The predicted octanol–water partition coefficient (Wildman–Crippen LogP) is 4.26. The molecular formula is C23H19NO5. The van der Waals surface area contributed by atoms with Gasteiger partial charge >= 0.3 is 5.97 Å². The van der Waals surface area contributed by atoms with E-state index in [-0.39, 0.29) is 12.4 Å². The third-order valence-corrected chi connectivity index (χ3v) is 4.49. The molecular weight excluding hydrogens is 370 g/mol. The minimum Gasteiger partial charge on any atom is -0.454 e. The lowest BCUT2D eigenvalue weighted by Gasteiger charge is -2.18. The van der Waals surface area contributed by atoms with Crippen LogP contribution in [0.1, 0.15) is 27.6 Å². The number of nitrogens with one attached hydrogen (secondary N) is 1. The number of ether oxygens (including phenoxy) is 3. The Hall–Kier alpha value is -3.80. The molecule has 0 radical (unpaired) electrons. The molecule has 0 aromatic heterocycles. The summed E-state index contributed by atoms with van der Waals surface area (Å²) in [6, 6.07) is 21.0. The Morgan fingerprint density at radius 2 is 1.66 bits per heavy atom. The van der Waals surface area contributed by atoms with Gasteiger partial charge in [-0.3, -0.25) is 4.79 Å². The Balaban J connectivity index is 1.56. The van der Waals surface area contributed by atoms with Gasteiger partial charge in [0.05, 0.1) is 5.56 Å². The lowest BCUT2D eigenvalue weighted by atomic mass is 10.1. The van der Waals surface area contributed by atoms with E-state index in [1.165, 1.54) is 0 Å². The van der Waals surface area contributed by atoms with E-state index < -0.39 is 18.0 Å². The van der Waals surface area contributed by atoms with Gasteiger partial charge in [0.1, 0.15) is 0 Å². The number of carbonyl (C=O) groups excluding carboxylic acids is 2. The fourth-order valence-electron chi connectivity index (χ4n) is 2.94. The average Bonchev–Trinajstić information content (AvgIpc) is 3.22. The van der Waals surface area contributed by atoms with Crippen molar-refractivity contribution in [2.45, 2.75) is 13.0 Å². The normalized spacial score (nSPS) is 12.9. The van der Waals surface area contributed by atoms with Gasteiger partial charge in [0.25, 0.3) is 5.91 Å². The van der Waals surface area contributed by atoms with Crippen LogP contribution in [0.3, 0.4) is 0 Å². The molecule has 29 heavy (non-hydrogen) atoms. The summed E-state index contributed by atoms with van der Waals surface area (Å²) in [6.45, 7) is 2.07. The molecule has 6 nitrogen and oxygen atoms in total. The molecule has 0 fully saturated rings. The molecule has 1 heterocycles. The smallest absolute Gasteiger partial charge is 0.339 e. The van der Waals surface area contributed by atoms with Crippen LogP contribution in [-0.4, -0.2) is 18.7 Å². The van der Waals surface area contributed by atoms with Crippen LogP contribution >= 0.6 is 0 Å². The first-order valence-electron chi connectivity index (χ1n) is 9.13. The fourth-order valence-corrected chi connectivity index (χ4v) is 2.94. The van der Waals surface area contributed by atoms with Crippen LogP contribution in [0.5, 0.6) is 11.5 Å². The zero-order valence-corrected chi connectivity index (χ0v) is 15.8. The molecule has 0 saturated carbocycles. The summed E-state index contributed by atoms with van der Waals surface area (Å²) in [5.41, 5.74) is 2.56. The number of anilines is 1. The molecule has 1 aliphatic heterocycles. The Bertz CT molecular complexity index is 1030. The first-order chi connectivity index (χ1) is 14.1. The highest BCUT2D eigenvalue weighted by Crippen LogP contribution is 2.33. The van der Waals surface area contributed by atoms with Crippen LogP contribution in [0.4, 0.5) is 5.69 Å². The first kappa shape index (κ1) is 18.6. The van der Waals surface area contributed by atoms with Crippen LogP contribution in [0.2, 0.25) is 0 Å². The van der Waals surface area contributed by atoms with Gasteiger partial charge in [-0.05, 0) is 37.3 Å². The fraction of sp³-hybridized carbons (Fsp3) is 0.130. The van der Waals surface area contributed by atoms with Gasteiger partial charge in [-0.2, -0.15) is 0 Å². The predicted molar refractivity (Wildman–Crippen MR) is 107 cm³/mol. The highest BCUT2D eigenvalue weighted by molar-refractivity contribution is 5.98. The summed E-state index contributed by atoms with van der Waals surface area (Å²) in [5.74, 6) is -0.0246. The van der Waals surface area contributed by atoms with E-state index in [1.54, 1.807) is 54.6 Å². The molecule has 6 heteroatoms. The van der Waals surface area contributed by atoms with Crippen LogP contribution in [-0.2, 0) is 9.53 Å². The number of carbonyl (C=O) groups is 2. The summed E-state index contributed by atoms with van der Waals surface area (Å²) in [5, 5.41) is 2.81. The third kappa shape index (κ3) is 4.21. The number of hydrogen-bond donors (Lipinski definition) is 1. The Labute approximate surface area is 168 Å². The van der Waals surface area contributed by atoms with E-state index in [0.717, 1.165) is 5.56 Å². The third-order valence-electron chi connectivity index (χ3n) is 4.49. The van der Waals surface area contributed by atoms with Crippen molar-refractivity contribution >= 4 is 17.6 Å². The number of fused-ring (bicyclic) bond motifs is 1. The van der Waals surface area contributed by atoms with Crippen molar-refractivity contribution in [1.29, 1.82) is 0 Å². The van der Waals surface area contributed by atoms with Crippen molar-refractivity contribution in [3.63, 3.8) is 0 Å². The van der Waals surface area contributed by atoms with E-state index in [1.807, 2.05) is 25.1 Å². The number of amides is 1. The number of esters is 1. The summed E-state index contributed by atoms with van der Waals surface area (Å²) < 4.78 is 16.2. The molecule has 3 aromatic rings. The second-order valence-corrected chi connectivity index (χ2v) is 6.62. The highest BCUT2D eigenvalue weighted by Gasteiger charge is 2.27. The quantitative estimate of drug-likeness (QED) is 0.660. The lowest BCUT2D eigenvalue weighted by molar-refractivity contribution is -0.125. The van der Waals surface area contributed by atoms with Gasteiger partial charge in [-0.15, -0.1) is 0 Å². The average molecular weight is 389 g/mol. The second-order valence-electron chi connectivity index (χ2n) is 6.62. The molecule has 0 bridgehead atoms. The van der Waals surface area contributed by atoms with Crippen molar-refractivity contribution in [2.24, 2.45) is 0 Å². The molecule has 146 valence electrons. The molecule has 1 amide bonds. The molecule has 1 N–H and O–H groups in total. The number of rotatable bonds is 5. The lowest BCUT2D eigenvalue weighted by Crippen LogP contribution is -2.26. The molecule has 3 aromatic carbocycles. The molecule has 0 saturated heterocycles. The Kier molecular flexibility index (Phi) is 5.16. The van der Waals surface area contributed by atoms with Crippen molar-refractivity contribution in [3.05, 3.63) is 89.5 Å². The van der Waals surface area contributed by atoms with Crippen LogP contribution < -0.4 is 14.8 Å². The Morgan fingerprint density at radius 3 is 2.41 bits per heavy atom. The SMILES string of the molecule is Cc1ccc(NC(=O)C(OC(=O)c2ccc3c(c2)OCO3)c2ccccc2)cc1. The maximum Gasteiger partial charge on any atom is 0.339 e. The molecule has 1 aliphatic rings. The largest absolute Gasteiger partial charge is 0.454 e. The van der Waals surface area contributed by atoms with Gasteiger partial charge < -0.3 is 19.5 Å². The Morgan fingerprint density at radius 1 is 0.931 bits per heavy atom. The van der Waals surface area contributed by atoms with Crippen molar-refractivity contribution < 1.29 is 23.8 Å². The summed E-state index contributed by atoms with van der Waals surface area (Å²) in [6.07, 6.45) is -1.10. The van der Waals surface area contributed by atoms with E-state index in [4.69, 9.17) is 14.2 Å². The second kappa shape index (κ2) is 8.06. The maximum atomic E-state index is 12.9. The zero-order valence-electron chi connectivity index (χ0n) is 15.8. The topological polar surface area (TPSA) is 73.9 Å². The first-order valence-corrected chi connectivity index (χ1v) is 9.13. The van der Waals surface area contributed by atoms with Gasteiger partial charge in [0.15, 0.2) is 11.5 Å².